The molecule has 110 valence electrons. The van der Waals surface area contributed by atoms with Crippen LogP contribution in [-0.2, 0) is 4.79 Å². The number of carbonyl (C=O) groups is 1. The van der Waals surface area contributed by atoms with Crippen molar-refractivity contribution in [1.82, 2.24) is 20.2 Å². The highest BCUT2D eigenvalue weighted by atomic mass is 32.2. The van der Waals surface area contributed by atoms with Crippen molar-refractivity contribution in [3.63, 3.8) is 0 Å². The van der Waals surface area contributed by atoms with Gasteiger partial charge in [-0.1, -0.05) is 17.8 Å². The number of hydrogen-bond acceptors (Lipinski definition) is 6. The molecule has 7 nitrogen and oxygen atoms in total. The second kappa shape index (κ2) is 5.72. The van der Waals surface area contributed by atoms with Gasteiger partial charge in [-0.15, -0.1) is 5.10 Å². The summed E-state index contributed by atoms with van der Waals surface area (Å²) in [6, 6.07) is 5.88. The molecule has 0 spiro atoms. The van der Waals surface area contributed by atoms with Gasteiger partial charge in [-0.25, -0.2) is 4.68 Å². The highest BCUT2D eigenvalue weighted by molar-refractivity contribution is 7.99. The lowest BCUT2D eigenvalue weighted by molar-refractivity contribution is -0.113. The fourth-order valence-corrected chi connectivity index (χ4v) is 2.62. The highest BCUT2D eigenvalue weighted by Crippen LogP contribution is 2.36. The molecule has 1 aromatic carbocycles. The van der Waals surface area contributed by atoms with Crippen LogP contribution in [0.4, 0.5) is 11.4 Å². The van der Waals surface area contributed by atoms with E-state index in [0.29, 0.717) is 22.6 Å². The van der Waals surface area contributed by atoms with Crippen LogP contribution < -0.4 is 11.1 Å². The van der Waals surface area contributed by atoms with Crippen LogP contribution in [0.15, 0.2) is 23.4 Å². The van der Waals surface area contributed by atoms with Gasteiger partial charge in [0.15, 0.2) is 0 Å². The zero-order valence-electron chi connectivity index (χ0n) is 11.6. The van der Waals surface area contributed by atoms with Gasteiger partial charge in [0.1, 0.15) is 0 Å². The van der Waals surface area contributed by atoms with Gasteiger partial charge >= 0.3 is 0 Å². The third-order valence-electron chi connectivity index (χ3n) is 3.25. The summed E-state index contributed by atoms with van der Waals surface area (Å²) in [6.45, 7) is 1.93. The molecular formula is C13H16N6OS. The van der Waals surface area contributed by atoms with Crippen molar-refractivity contribution in [1.29, 1.82) is 0 Å². The van der Waals surface area contributed by atoms with E-state index >= 15 is 0 Å². The molecule has 1 saturated carbocycles. The average Bonchev–Trinajstić information content (AvgIpc) is 3.19. The number of anilines is 2. The SMILES string of the molecule is Cc1ccc(NC(=O)CSc2nnnn2C2CC2)cc1N. The quantitative estimate of drug-likeness (QED) is 0.643. The van der Waals surface area contributed by atoms with Crippen molar-refractivity contribution in [3.05, 3.63) is 23.8 Å². The first-order valence-corrected chi connectivity index (χ1v) is 7.68. The molecule has 1 heterocycles. The predicted octanol–water partition coefficient (Wildman–Crippen LogP) is 1.63. The predicted molar refractivity (Wildman–Crippen MR) is 81.0 cm³/mol. The van der Waals surface area contributed by atoms with Crippen molar-refractivity contribution < 1.29 is 4.79 Å². The van der Waals surface area contributed by atoms with E-state index in [4.69, 9.17) is 5.73 Å². The number of nitrogens with two attached hydrogens (primary N) is 1. The zero-order valence-corrected chi connectivity index (χ0v) is 12.4. The third kappa shape index (κ3) is 3.33. The number of benzene rings is 1. The van der Waals surface area contributed by atoms with Gasteiger partial charge in [0, 0.05) is 11.4 Å². The molecule has 0 bridgehead atoms. The monoisotopic (exact) mass is 304 g/mol. The summed E-state index contributed by atoms with van der Waals surface area (Å²) in [5.41, 5.74) is 8.18. The summed E-state index contributed by atoms with van der Waals surface area (Å²) >= 11 is 1.34. The van der Waals surface area contributed by atoms with Gasteiger partial charge in [0.05, 0.1) is 11.8 Å². The number of thioether (sulfide) groups is 1. The molecule has 3 rings (SSSR count). The van der Waals surface area contributed by atoms with E-state index in [0.717, 1.165) is 18.4 Å². The van der Waals surface area contributed by atoms with Crippen molar-refractivity contribution >= 4 is 29.0 Å². The molecule has 1 aromatic heterocycles. The summed E-state index contributed by atoms with van der Waals surface area (Å²) in [5, 5.41) is 15.1. The molecule has 1 fully saturated rings. The topological polar surface area (TPSA) is 98.7 Å². The van der Waals surface area contributed by atoms with Crippen molar-refractivity contribution in [2.45, 2.75) is 31.0 Å². The number of tetrazole rings is 1. The van der Waals surface area contributed by atoms with Crippen LogP contribution in [0, 0.1) is 6.92 Å². The van der Waals surface area contributed by atoms with Gasteiger partial charge in [-0.2, -0.15) is 0 Å². The van der Waals surface area contributed by atoms with Crippen molar-refractivity contribution in [2.24, 2.45) is 0 Å². The molecular weight excluding hydrogens is 288 g/mol. The molecule has 1 amide bonds. The van der Waals surface area contributed by atoms with Gasteiger partial charge in [0.25, 0.3) is 0 Å². The minimum Gasteiger partial charge on any atom is -0.398 e. The normalized spacial score (nSPS) is 14.1. The highest BCUT2D eigenvalue weighted by Gasteiger charge is 2.28. The van der Waals surface area contributed by atoms with Crippen molar-refractivity contribution in [3.8, 4) is 0 Å². The minimum absolute atomic E-state index is 0.103. The Labute approximate surface area is 126 Å². The molecule has 0 aliphatic heterocycles. The fraction of sp³-hybridized carbons (Fsp3) is 0.385. The maximum absolute atomic E-state index is 12.0. The van der Waals surface area contributed by atoms with Gasteiger partial charge in [0.2, 0.25) is 11.1 Å². The van der Waals surface area contributed by atoms with Crippen LogP contribution in [0.2, 0.25) is 0 Å². The number of rotatable bonds is 5. The van der Waals surface area contributed by atoms with Gasteiger partial charge in [-0.3, -0.25) is 4.79 Å². The largest absolute Gasteiger partial charge is 0.398 e. The first kappa shape index (κ1) is 13.9. The number of nitrogens with one attached hydrogen (secondary N) is 1. The molecule has 0 saturated heterocycles. The van der Waals surface area contributed by atoms with Crippen LogP contribution in [0.1, 0.15) is 24.4 Å². The van der Waals surface area contributed by atoms with E-state index in [1.165, 1.54) is 11.8 Å². The Bertz CT molecular complexity index is 666. The van der Waals surface area contributed by atoms with Crippen LogP contribution in [0.25, 0.3) is 0 Å². The zero-order chi connectivity index (χ0) is 14.8. The van der Waals surface area contributed by atoms with Gasteiger partial charge in [-0.05, 0) is 47.9 Å². The van der Waals surface area contributed by atoms with Crippen LogP contribution in [0.3, 0.4) is 0 Å². The molecule has 8 heteroatoms. The number of amides is 1. The number of carbonyl (C=O) groups excluding carboxylic acids is 1. The Morgan fingerprint density at radius 1 is 1.52 bits per heavy atom. The lowest BCUT2D eigenvalue weighted by Crippen LogP contribution is -2.15. The maximum Gasteiger partial charge on any atom is 0.234 e. The summed E-state index contributed by atoms with van der Waals surface area (Å²) in [4.78, 5) is 12.0. The summed E-state index contributed by atoms with van der Waals surface area (Å²) in [6.07, 6.45) is 2.21. The smallest absolute Gasteiger partial charge is 0.234 e. The Kier molecular flexibility index (Phi) is 3.78. The summed E-state index contributed by atoms with van der Waals surface area (Å²) < 4.78 is 1.79. The molecule has 2 aromatic rings. The second-order valence-corrected chi connectivity index (χ2v) is 5.99. The first-order valence-electron chi connectivity index (χ1n) is 6.70. The molecule has 3 N–H and O–H groups in total. The first-order chi connectivity index (χ1) is 10.1. The summed E-state index contributed by atoms with van der Waals surface area (Å²) in [5.74, 6) is 0.162. The van der Waals surface area contributed by atoms with E-state index in [1.807, 2.05) is 19.1 Å². The molecule has 21 heavy (non-hydrogen) atoms. The number of aryl methyl sites for hydroxylation is 1. The molecule has 1 aliphatic rings. The van der Waals surface area contributed by atoms with E-state index in [-0.39, 0.29) is 11.7 Å². The number of hydrogen-bond donors (Lipinski definition) is 2. The Hall–Kier alpha value is -2.09. The van der Waals surface area contributed by atoms with Crippen LogP contribution in [-0.4, -0.2) is 31.9 Å². The number of aromatic nitrogens is 4. The molecule has 0 atom stereocenters. The second-order valence-electron chi connectivity index (χ2n) is 5.05. The number of nitrogens with zero attached hydrogens (tertiary/aromatic N) is 4. The molecule has 0 radical (unpaired) electrons. The maximum atomic E-state index is 12.0. The fourth-order valence-electron chi connectivity index (χ4n) is 1.87. The van der Waals surface area contributed by atoms with Crippen molar-refractivity contribution in [2.75, 3.05) is 16.8 Å². The molecule has 0 unspecified atom stereocenters. The standard InChI is InChI=1S/C13H16N6OS/c1-8-2-3-9(6-11(8)14)15-12(20)7-21-13-16-17-18-19(13)10-4-5-10/h2-3,6,10H,4-5,7,14H2,1H3,(H,15,20). The van der Waals surface area contributed by atoms with Gasteiger partial charge < -0.3 is 11.1 Å². The third-order valence-corrected chi connectivity index (χ3v) is 4.18. The number of nitrogen functional groups attached to an aromatic ring is 1. The summed E-state index contributed by atoms with van der Waals surface area (Å²) in [7, 11) is 0. The van der Waals surface area contributed by atoms with Crippen LogP contribution >= 0.6 is 11.8 Å². The van der Waals surface area contributed by atoms with E-state index in [1.54, 1.807) is 10.7 Å². The van der Waals surface area contributed by atoms with E-state index in [2.05, 4.69) is 20.8 Å². The van der Waals surface area contributed by atoms with Crippen LogP contribution in [0.5, 0.6) is 0 Å². The average molecular weight is 304 g/mol. The minimum atomic E-state index is -0.103. The lowest BCUT2D eigenvalue weighted by atomic mass is 10.2. The Balaban J connectivity index is 1.56. The molecule has 1 aliphatic carbocycles. The Morgan fingerprint density at radius 2 is 2.33 bits per heavy atom. The van der Waals surface area contributed by atoms with E-state index < -0.39 is 0 Å². The Morgan fingerprint density at radius 3 is 3.05 bits per heavy atom. The van der Waals surface area contributed by atoms with E-state index in [9.17, 15) is 4.79 Å². The lowest BCUT2D eigenvalue weighted by Gasteiger charge is -2.07.